The number of likely N-dealkylation sites (N-methyl/N-ethyl adjacent to an activating group) is 1. The molecule has 0 bridgehead atoms. The first-order valence-corrected chi connectivity index (χ1v) is 8.87. The molecule has 1 N–H and O–H groups in total. The van der Waals surface area contributed by atoms with Gasteiger partial charge in [-0.15, -0.1) is 0 Å². The lowest BCUT2D eigenvalue weighted by Gasteiger charge is -2.34. The summed E-state index contributed by atoms with van der Waals surface area (Å²) in [5.41, 5.74) is 0.407. The maximum absolute atomic E-state index is 13.0. The van der Waals surface area contributed by atoms with Crippen LogP contribution in [-0.2, 0) is 9.59 Å². The van der Waals surface area contributed by atoms with Crippen LogP contribution in [0.5, 0.6) is 0 Å². The number of nitrogens with zero attached hydrogens (tertiary/aromatic N) is 2. The predicted octanol–water partition coefficient (Wildman–Crippen LogP) is 1.66. The van der Waals surface area contributed by atoms with Crippen LogP contribution in [-0.4, -0.2) is 60.2 Å². The number of benzene rings is 1. The van der Waals surface area contributed by atoms with Gasteiger partial charge in [-0.05, 0) is 51.0 Å². The second-order valence-corrected chi connectivity index (χ2v) is 7.01. The summed E-state index contributed by atoms with van der Waals surface area (Å²) in [5, 5.41) is 2.76. The zero-order chi connectivity index (χ0) is 19.3. The second kappa shape index (κ2) is 8.78. The highest BCUT2D eigenvalue weighted by molar-refractivity contribution is 5.94. The summed E-state index contributed by atoms with van der Waals surface area (Å²) in [5.74, 6) is -1.27. The molecular weight excluding hydrogens is 337 g/mol. The number of halogens is 1. The van der Waals surface area contributed by atoms with Gasteiger partial charge in [0.25, 0.3) is 5.91 Å². The molecule has 1 atom stereocenters. The highest BCUT2D eigenvalue weighted by atomic mass is 19.1. The van der Waals surface area contributed by atoms with Crippen LogP contribution in [0.4, 0.5) is 4.39 Å². The smallest absolute Gasteiger partial charge is 0.253 e. The monoisotopic (exact) mass is 363 g/mol. The maximum Gasteiger partial charge on any atom is 0.253 e. The van der Waals surface area contributed by atoms with Crippen molar-refractivity contribution < 1.29 is 18.8 Å². The fraction of sp³-hybridized carbons (Fsp3) is 0.526. The Bertz CT molecular complexity index is 660. The molecule has 7 heteroatoms. The summed E-state index contributed by atoms with van der Waals surface area (Å²) in [7, 11) is 1.60. The molecule has 0 saturated carbocycles. The Labute approximate surface area is 153 Å². The quantitative estimate of drug-likeness (QED) is 0.865. The van der Waals surface area contributed by atoms with E-state index in [-0.39, 0.29) is 36.2 Å². The Morgan fingerprint density at radius 2 is 1.92 bits per heavy atom. The Kier molecular flexibility index (Phi) is 6.71. The van der Waals surface area contributed by atoms with E-state index in [2.05, 4.69) is 5.32 Å². The van der Waals surface area contributed by atoms with Gasteiger partial charge >= 0.3 is 0 Å². The molecule has 142 valence electrons. The molecule has 1 aromatic rings. The number of hydrogen-bond acceptors (Lipinski definition) is 3. The number of piperidine rings is 1. The van der Waals surface area contributed by atoms with Gasteiger partial charge in [0, 0.05) is 31.7 Å². The van der Waals surface area contributed by atoms with Crippen LogP contribution in [0.2, 0.25) is 0 Å². The topological polar surface area (TPSA) is 69.7 Å². The summed E-state index contributed by atoms with van der Waals surface area (Å²) in [6.07, 6.45) is 1.40. The summed E-state index contributed by atoms with van der Waals surface area (Å²) < 4.78 is 13.0. The largest absolute Gasteiger partial charge is 0.352 e. The first kappa shape index (κ1) is 19.9. The van der Waals surface area contributed by atoms with Gasteiger partial charge < -0.3 is 15.1 Å². The first-order valence-electron chi connectivity index (χ1n) is 8.87. The minimum atomic E-state index is -0.394. The average Bonchev–Trinajstić information content (AvgIpc) is 2.60. The van der Waals surface area contributed by atoms with Gasteiger partial charge in [0.1, 0.15) is 5.82 Å². The third-order valence-corrected chi connectivity index (χ3v) is 4.36. The summed E-state index contributed by atoms with van der Waals surface area (Å²) >= 11 is 0. The van der Waals surface area contributed by atoms with Gasteiger partial charge in [0.15, 0.2) is 0 Å². The molecule has 1 unspecified atom stereocenters. The second-order valence-electron chi connectivity index (χ2n) is 7.01. The Hall–Kier alpha value is -2.44. The Balaban J connectivity index is 1.96. The van der Waals surface area contributed by atoms with Crippen LogP contribution >= 0.6 is 0 Å². The predicted molar refractivity (Wildman–Crippen MR) is 95.9 cm³/mol. The molecule has 26 heavy (non-hydrogen) atoms. The minimum Gasteiger partial charge on any atom is -0.352 e. The molecule has 1 aromatic carbocycles. The van der Waals surface area contributed by atoms with Gasteiger partial charge in [-0.1, -0.05) is 0 Å². The number of carbonyl (C=O) groups excluding carboxylic acids is 3. The summed E-state index contributed by atoms with van der Waals surface area (Å²) in [6.45, 7) is 4.60. The van der Waals surface area contributed by atoms with E-state index in [1.54, 1.807) is 11.9 Å². The lowest BCUT2D eigenvalue weighted by molar-refractivity contribution is -0.139. The molecule has 3 amide bonds. The van der Waals surface area contributed by atoms with Crippen molar-refractivity contribution in [2.75, 3.05) is 26.7 Å². The van der Waals surface area contributed by atoms with Crippen molar-refractivity contribution >= 4 is 17.7 Å². The van der Waals surface area contributed by atoms with Crippen LogP contribution in [0.3, 0.4) is 0 Å². The third-order valence-electron chi connectivity index (χ3n) is 4.36. The lowest BCUT2D eigenvalue weighted by Crippen LogP contribution is -2.48. The van der Waals surface area contributed by atoms with E-state index >= 15 is 0 Å². The number of hydrogen-bond donors (Lipinski definition) is 1. The van der Waals surface area contributed by atoms with Crippen molar-refractivity contribution in [3.8, 4) is 0 Å². The van der Waals surface area contributed by atoms with E-state index in [1.807, 2.05) is 13.8 Å². The normalized spacial score (nSPS) is 17.1. The maximum atomic E-state index is 13.0. The molecule has 1 aliphatic heterocycles. The summed E-state index contributed by atoms with van der Waals surface area (Å²) in [6, 6.07) is 5.42. The number of amides is 3. The van der Waals surface area contributed by atoms with Crippen LogP contribution in [0, 0.1) is 11.7 Å². The van der Waals surface area contributed by atoms with Crippen molar-refractivity contribution in [2.24, 2.45) is 5.92 Å². The van der Waals surface area contributed by atoms with E-state index in [0.29, 0.717) is 25.1 Å². The van der Waals surface area contributed by atoms with Gasteiger partial charge in [-0.25, -0.2) is 4.39 Å². The van der Waals surface area contributed by atoms with Crippen molar-refractivity contribution in [3.05, 3.63) is 35.6 Å². The molecule has 0 aromatic heterocycles. The standard InChI is InChI=1S/C19H26FN3O3/c1-13(2)21-17(24)12-22(3)18(25)15-5-4-10-23(11-15)19(26)14-6-8-16(20)9-7-14/h6-9,13,15H,4-5,10-12H2,1-3H3,(H,21,24). The van der Waals surface area contributed by atoms with E-state index in [9.17, 15) is 18.8 Å². The number of nitrogens with one attached hydrogen (secondary N) is 1. The molecular formula is C19H26FN3O3. The van der Waals surface area contributed by atoms with E-state index < -0.39 is 5.82 Å². The molecule has 2 rings (SSSR count). The zero-order valence-electron chi connectivity index (χ0n) is 15.5. The molecule has 1 heterocycles. The average molecular weight is 363 g/mol. The SMILES string of the molecule is CC(C)NC(=O)CN(C)C(=O)C1CCCN(C(=O)c2ccc(F)cc2)C1. The van der Waals surface area contributed by atoms with Crippen LogP contribution in [0.15, 0.2) is 24.3 Å². The lowest BCUT2D eigenvalue weighted by atomic mass is 9.96. The van der Waals surface area contributed by atoms with Gasteiger partial charge in [0.2, 0.25) is 11.8 Å². The van der Waals surface area contributed by atoms with E-state index in [4.69, 9.17) is 0 Å². The van der Waals surface area contributed by atoms with E-state index in [1.165, 1.54) is 29.2 Å². The van der Waals surface area contributed by atoms with Crippen LogP contribution < -0.4 is 5.32 Å². The zero-order valence-corrected chi connectivity index (χ0v) is 15.5. The molecule has 0 aliphatic carbocycles. The Morgan fingerprint density at radius 3 is 2.54 bits per heavy atom. The molecule has 0 spiro atoms. The van der Waals surface area contributed by atoms with Crippen molar-refractivity contribution in [1.82, 2.24) is 15.1 Å². The van der Waals surface area contributed by atoms with E-state index in [0.717, 1.165) is 6.42 Å². The minimum absolute atomic E-state index is 0.000574. The number of carbonyl (C=O) groups is 3. The highest BCUT2D eigenvalue weighted by Crippen LogP contribution is 2.20. The van der Waals surface area contributed by atoms with Gasteiger partial charge in [-0.2, -0.15) is 0 Å². The summed E-state index contributed by atoms with van der Waals surface area (Å²) in [4.78, 5) is 40.1. The fourth-order valence-corrected chi connectivity index (χ4v) is 3.11. The van der Waals surface area contributed by atoms with Crippen molar-refractivity contribution in [2.45, 2.75) is 32.7 Å². The first-order chi connectivity index (χ1) is 12.3. The van der Waals surface area contributed by atoms with Crippen LogP contribution in [0.1, 0.15) is 37.0 Å². The van der Waals surface area contributed by atoms with Gasteiger partial charge in [-0.3, -0.25) is 14.4 Å². The Morgan fingerprint density at radius 1 is 1.27 bits per heavy atom. The fourth-order valence-electron chi connectivity index (χ4n) is 3.11. The van der Waals surface area contributed by atoms with Crippen LogP contribution in [0.25, 0.3) is 0 Å². The molecule has 1 fully saturated rings. The number of likely N-dealkylation sites (tertiary alicyclic amines) is 1. The molecule has 6 nitrogen and oxygen atoms in total. The number of rotatable bonds is 5. The van der Waals surface area contributed by atoms with Gasteiger partial charge in [0.05, 0.1) is 12.5 Å². The molecule has 0 radical (unpaired) electrons. The molecule has 1 aliphatic rings. The van der Waals surface area contributed by atoms with Crippen molar-refractivity contribution in [3.63, 3.8) is 0 Å². The molecule has 1 saturated heterocycles. The third kappa shape index (κ3) is 5.28. The highest BCUT2D eigenvalue weighted by Gasteiger charge is 2.31. The van der Waals surface area contributed by atoms with Crippen molar-refractivity contribution in [1.29, 1.82) is 0 Å².